The minimum absolute atomic E-state index is 0.0808. The Morgan fingerprint density at radius 2 is 1.78 bits per heavy atom. The summed E-state index contributed by atoms with van der Waals surface area (Å²) in [7, 11) is 4.42. The first-order chi connectivity index (χ1) is 17.7. The van der Waals surface area contributed by atoms with Crippen molar-refractivity contribution in [3.8, 4) is 17.2 Å². The van der Waals surface area contributed by atoms with Crippen LogP contribution in [0, 0.1) is 6.92 Å². The number of aromatic nitrogens is 2. The molecular formula is C27H24ClN3O6. The van der Waals surface area contributed by atoms with Gasteiger partial charge in [0.25, 0.3) is 0 Å². The predicted molar refractivity (Wildman–Crippen MR) is 140 cm³/mol. The second-order valence-electron chi connectivity index (χ2n) is 8.18. The minimum Gasteiger partial charge on any atom is -0.497 e. The van der Waals surface area contributed by atoms with Crippen LogP contribution in [0.25, 0.3) is 11.0 Å². The maximum absolute atomic E-state index is 13.3. The van der Waals surface area contributed by atoms with E-state index in [0.29, 0.717) is 33.5 Å². The lowest BCUT2D eigenvalue weighted by molar-refractivity contribution is -0.116. The van der Waals surface area contributed by atoms with Crippen molar-refractivity contribution in [1.82, 2.24) is 9.55 Å². The summed E-state index contributed by atoms with van der Waals surface area (Å²) in [5, 5.41) is 3.06. The first-order valence-electron chi connectivity index (χ1n) is 11.2. The van der Waals surface area contributed by atoms with E-state index in [9.17, 15) is 14.4 Å². The fourth-order valence-electron chi connectivity index (χ4n) is 3.87. The third-order valence-electron chi connectivity index (χ3n) is 5.70. The number of anilines is 1. The fraction of sp³-hybridized carbons (Fsp3) is 0.185. The van der Waals surface area contributed by atoms with Crippen molar-refractivity contribution in [1.29, 1.82) is 0 Å². The number of methoxy groups -OCH3 is 3. The summed E-state index contributed by atoms with van der Waals surface area (Å²) >= 11 is 6.22. The molecule has 0 radical (unpaired) electrons. The molecule has 0 spiro atoms. The number of ketones is 1. The molecule has 0 saturated heterocycles. The second kappa shape index (κ2) is 10.7. The molecule has 0 saturated carbocycles. The van der Waals surface area contributed by atoms with Crippen molar-refractivity contribution < 1.29 is 23.8 Å². The lowest BCUT2D eigenvalue weighted by atomic mass is 10.0. The summed E-state index contributed by atoms with van der Waals surface area (Å²) in [6, 6.07) is 11.3. The lowest BCUT2D eigenvalue weighted by Crippen LogP contribution is -2.25. The third-order valence-corrected chi connectivity index (χ3v) is 5.99. The molecule has 37 heavy (non-hydrogen) atoms. The molecule has 2 aromatic carbocycles. The number of amides is 1. The maximum Gasteiger partial charge on any atom is 0.244 e. The lowest BCUT2D eigenvalue weighted by Gasteiger charge is -2.16. The standard InChI is InChI=1S/C27H24ClN3O6/c1-15-8-21-25(29-12-15)27(34)18(26(33)16-6-5-7-17(9-16)35-2)13-31(21)14-24(32)30-20-10-19(28)22(36-3)11-23(20)37-4/h5-13H,14H2,1-4H3,(H,30,32). The zero-order valence-corrected chi connectivity index (χ0v) is 21.4. The van der Waals surface area contributed by atoms with Gasteiger partial charge in [0.15, 0.2) is 5.78 Å². The fourth-order valence-corrected chi connectivity index (χ4v) is 4.11. The largest absolute Gasteiger partial charge is 0.497 e. The van der Waals surface area contributed by atoms with Gasteiger partial charge < -0.3 is 24.1 Å². The highest BCUT2D eigenvalue weighted by Crippen LogP contribution is 2.36. The molecule has 1 N–H and O–H groups in total. The quantitative estimate of drug-likeness (QED) is 0.345. The Labute approximate surface area is 217 Å². The van der Waals surface area contributed by atoms with Gasteiger partial charge >= 0.3 is 0 Å². The van der Waals surface area contributed by atoms with Gasteiger partial charge in [-0.1, -0.05) is 23.7 Å². The Hall–Kier alpha value is -4.37. The van der Waals surface area contributed by atoms with Crippen LogP contribution in [0.4, 0.5) is 5.69 Å². The van der Waals surface area contributed by atoms with E-state index in [2.05, 4.69) is 10.3 Å². The SMILES string of the molecule is COc1cccc(C(=O)c2cn(CC(=O)Nc3cc(Cl)c(OC)cc3OC)c3cc(C)cnc3c2=O)c1. The van der Waals surface area contributed by atoms with Gasteiger partial charge in [-0.15, -0.1) is 0 Å². The van der Waals surface area contributed by atoms with Crippen LogP contribution in [0.5, 0.6) is 17.2 Å². The van der Waals surface area contributed by atoms with E-state index >= 15 is 0 Å². The van der Waals surface area contributed by atoms with Crippen molar-refractivity contribution >= 4 is 40.0 Å². The van der Waals surface area contributed by atoms with E-state index in [1.54, 1.807) is 36.4 Å². The van der Waals surface area contributed by atoms with E-state index in [1.165, 1.54) is 44.4 Å². The normalized spacial score (nSPS) is 10.7. The van der Waals surface area contributed by atoms with E-state index in [0.717, 1.165) is 5.56 Å². The summed E-state index contributed by atoms with van der Waals surface area (Å²) in [5.41, 5.74) is 1.26. The van der Waals surface area contributed by atoms with Gasteiger partial charge in [-0.05, 0) is 36.8 Å². The summed E-state index contributed by atoms with van der Waals surface area (Å²) in [4.78, 5) is 43.9. The molecule has 2 aromatic heterocycles. The second-order valence-corrected chi connectivity index (χ2v) is 8.58. The molecule has 9 nitrogen and oxygen atoms in total. The molecule has 0 bridgehead atoms. The van der Waals surface area contributed by atoms with Crippen molar-refractivity contribution in [2.24, 2.45) is 0 Å². The third kappa shape index (κ3) is 5.26. The minimum atomic E-state index is -0.525. The van der Waals surface area contributed by atoms with Crippen LogP contribution in [0.3, 0.4) is 0 Å². The molecule has 1 amide bonds. The number of hydrogen-bond donors (Lipinski definition) is 1. The van der Waals surface area contributed by atoms with Crippen LogP contribution >= 0.6 is 11.6 Å². The summed E-state index contributed by atoms with van der Waals surface area (Å²) in [5.74, 6) is 0.278. The smallest absolute Gasteiger partial charge is 0.244 e. The summed E-state index contributed by atoms with van der Waals surface area (Å²) in [6.45, 7) is 1.61. The molecule has 0 aliphatic carbocycles. The van der Waals surface area contributed by atoms with Gasteiger partial charge in [-0.2, -0.15) is 0 Å². The number of fused-ring (bicyclic) bond motifs is 1. The maximum atomic E-state index is 13.3. The molecule has 10 heteroatoms. The van der Waals surface area contributed by atoms with Gasteiger partial charge in [0.1, 0.15) is 29.3 Å². The van der Waals surface area contributed by atoms with Gasteiger partial charge in [-0.3, -0.25) is 19.4 Å². The van der Waals surface area contributed by atoms with Crippen LogP contribution < -0.4 is 25.0 Å². The zero-order valence-electron chi connectivity index (χ0n) is 20.6. The number of halogens is 1. The van der Waals surface area contributed by atoms with Gasteiger partial charge in [0.05, 0.1) is 43.1 Å². The predicted octanol–water partition coefficient (Wildman–Crippen LogP) is 4.25. The van der Waals surface area contributed by atoms with E-state index in [1.807, 2.05) is 6.92 Å². The number of ether oxygens (including phenoxy) is 3. The van der Waals surface area contributed by atoms with Crippen molar-refractivity contribution in [3.63, 3.8) is 0 Å². The Morgan fingerprint density at radius 1 is 1.03 bits per heavy atom. The van der Waals surface area contributed by atoms with Crippen molar-refractivity contribution in [2.45, 2.75) is 13.5 Å². The van der Waals surface area contributed by atoms with Crippen LogP contribution in [0.15, 0.2) is 59.7 Å². The van der Waals surface area contributed by atoms with Crippen molar-refractivity contribution in [3.05, 3.63) is 86.8 Å². The summed E-state index contributed by atoms with van der Waals surface area (Å²) < 4.78 is 17.3. The average molecular weight is 522 g/mol. The number of carbonyl (C=O) groups is 2. The Kier molecular flexibility index (Phi) is 7.45. The van der Waals surface area contributed by atoms with E-state index < -0.39 is 17.1 Å². The van der Waals surface area contributed by atoms with Crippen LogP contribution in [-0.4, -0.2) is 42.6 Å². The topological polar surface area (TPSA) is 109 Å². The highest BCUT2D eigenvalue weighted by atomic mass is 35.5. The molecule has 0 atom stereocenters. The number of hydrogen-bond acceptors (Lipinski definition) is 7. The van der Waals surface area contributed by atoms with Gasteiger partial charge in [-0.25, -0.2) is 0 Å². The molecule has 0 aliphatic rings. The molecule has 2 heterocycles. The number of carbonyl (C=O) groups excluding carboxylic acids is 2. The van der Waals surface area contributed by atoms with Crippen LogP contribution in [0.1, 0.15) is 21.5 Å². The highest BCUT2D eigenvalue weighted by Gasteiger charge is 2.20. The number of rotatable bonds is 8. The molecule has 4 rings (SSSR count). The Bertz CT molecular complexity index is 1580. The molecule has 0 fully saturated rings. The van der Waals surface area contributed by atoms with Crippen molar-refractivity contribution in [2.75, 3.05) is 26.6 Å². The Balaban J connectivity index is 1.75. The summed E-state index contributed by atoms with van der Waals surface area (Å²) in [6.07, 6.45) is 2.92. The highest BCUT2D eigenvalue weighted by molar-refractivity contribution is 6.32. The first kappa shape index (κ1) is 25.7. The van der Waals surface area contributed by atoms with Gasteiger partial charge in [0, 0.05) is 24.0 Å². The monoisotopic (exact) mass is 521 g/mol. The number of aryl methyl sites for hydroxylation is 1. The molecule has 0 aliphatic heterocycles. The number of pyridine rings is 2. The Morgan fingerprint density at radius 3 is 2.49 bits per heavy atom. The zero-order chi connectivity index (χ0) is 26.7. The molecular weight excluding hydrogens is 498 g/mol. The van der Waals surface area contributed by atoms with E-state index in [4.69, 9.17) is 25.8 Å². The number of benzene rings is 2. The first-order valence-corrected chi connectivity index (χ1v) is 11.5. The number of nitrogens with zero attached hydrogens (tertiary/aromatic N) is 2. The molecule has 4 aromatic rings. The van der Waals surface area contributed by atoms with E-state index in [-0.39, 0.29) is 23.2 Å². The average Bonchev–Trinajstić information content (AvgIpc) is 2.90. The molecule has 0 unspecified atom stereocenters. The van der Waals surface area contributed by atoms with Gasteiger partial charge in [0.2, 0.25) is 11.3 Å². The number of nitrogens with one attached hydrogen (secondary N) is 1. The molecule has 190 valence electrons. The van der Waals surface area contributed by atoms with Crippen LogP contribution in [0.2, 0.25) is 5.02 Å². The van der Waals surface area contributed by atoms with Crippen LogP contribution in [-0.2, 0) is 11.3 Å².